The Bertz CT molecular complexity index is 783. The van der Waals surface area contributed by atoms with Crippen molar-refractivity contribution in [2.24, 2.45) is 0 Å². The van der Waals surface area contributed by atoms with Crippen LogP contribution in [0.25, 0.3) is 22.8 Å². The second-order valence-electron chi connectivity index (χ2n) is 4.57. The number of hydrogen-bond acceptors (Lipinski definition) is 6. The van der Waals surface area contributed by atoms with Gasteiger partial charge in [0, 0.05) is 11.8 Å². The minimum atomic E-state index is 0.408. The van der Waals surface area contributed by atoms with Crippen LogP contribution >= 0.6 is 0 Å². The number of hydrogen-bond donors (Lipinski definition) is 0. The number of benzene rings is 1. The predicted octanol–water partition coefficient (Wildman–Crippen LogP) is 2.82. The Kier molecular flexibility index (Phi) is 3.35. The average molecular weight is 282 g/mol. The lowest BCUT2D eigenvalue weighted by Gasteiger charge is -2.00. The summed E-state index contributed by atoms with van der Waals surface area (Å²) in [6, 6.07) is 7.50. The molecule has 2 aromatic heterocycles. The molecule has 0 fully saturated rings. The third-order valence-corrected chi connectivity index (χ3v) is 3.08. The molecule has 0 atom stereocenters. The molecule has 0 bridgehead atoms. The zero-order valence-corrected chi connectivity index (χ0v) is 12.0. The molecule has 0 spiro atoms. The fraction of sp³-hybridized carbons (Fsp3) is 0.200. The molecule has 0 saturated heterocycles. The van der Waals surface area contributed by atoms with E-state index in [-0.39, 0.29) is 0 Å². The lowest BCUT2D eigenvalue weighted by Crippen LogP contribution is -1.94. The molecule has 6 heteroatoms. The van der Waals surface area contributed by atoms with Gasteiger partial charge in [0.25, 0.3) is 5.89 Å². The van der Waals surface area contributed by atoms with Gasteiger partial charge >= 0.3 is 0 Å². The third-order valence-electron chi connectivity index (χ3n) is 3.08. The summed E-state index contributed by atoms with van der Waals surface area (Å²) in [6.07, 6.45) is 1.69. The topological polar surface area (TPSA) is 73.9 Å². The van der Waals surface area contributed by atoms with Crippen LogP contribution in [0.2, 0.25) is 0 Å². The molecule has 0 unspecified atom stereocenters. The molecule has 106 valence electrons. The van der Waals surface area contributed by atoms with Crippen LogP contribution < -0.4 is 4.74 Å². The Hall–Kier alpha value is -2.76. The van der Waals surface area contributed by atoms with Gasteiger partial charge in [0.1, 0.15) is 11.6 Å². The van der Waals surface area contributed by atoms with E-state index in [1.54, 1.807) is 13.3 Å². The van der Waals surface area contributed by atoms with Gasteiger partial charge < -0.3 is 9.26 Å². The minimum absolute atomic E-state index is 0.408. The minimum Gasteiger partial charge on any atom is -0.497 e. The molecular formula is C15H14N4O2. The van der Waals surface area contributed by atoms with Gasteiger partial charge in [0.15, 0.2) is 0 Å². The number of nitrogens with zero attached hydrogens (tertiary/aromatic N) is 4. The summed E-state index contributed by atoms with van der Waals surface area (Å²) >= 11 is 0. The van der Waals surface area contributed by atoms with Crippen molar-refractivity contribution in [3.63, 3.8) is 0 Å². The molecule has 1 aromatic carbocycles. The maximum absolute atomic E-state index is 5.32. The van der Waals surface area contributed by atoms with Crippen LogP contribution in [0.15, 0.2) is 35.0 Å². The van der Waals surface area contributed by atoms with Gasteiger partial charge in [-0.05, 0) is 26.0 Å². The fourth-order valence-corrected chi connectivity index (χ4v) is 2.01. The Labute approximate surface area is 121 Å². The van der Waals surface area contributed by atoms with Crippen molar-refractivity contribution in [2.45, 2.75) is 13.8 Å². The molecular weight excluding hydrogens is 268 g/mol. The van der Waals surface area contributed by atoms with Crippen LogP contribution in [0.5, 0.6) is 5.75 Å². The Morgan fingerprint density at radius 1 is 1.14 bits per heavy atom. The molecule has 21 heavy (non-hydrogen) atoms. The highest BCUT2D eigenvalue weighted by atomic mass is 16.5. The van der Waals surface area contributed by atoms with Crippen molar-refractivity contribution >= 4 is 0 Å². The van der Waals surface area contributed by atoms with Crippen molar-refractivity contribution in [2.75, 3.05) is 7.11 Å². The van der Waals surface area contributed by atoms with E-state index in [1.165, 1.54) is 0 Å². The highest BCUT2D eigenvalue weighted by molar-refractivity contribution is 5.61. The molecule has 0 aliphatic carbocycles. The first-order valence-corrected chi connectivity index (χ1v) is 6.46. The standard InChI is InChI=1S/C15H14N4O2/c1-9-13(8-16-10(2)17-9)15-18-14(19-21-15)11-5-4-6-12(7-11)20-3/h4-8H,1-3H3. The van der Waals surface area contributed by atoms with E-state index in [0.717, 1.165) is 22.6 Å². The molecule has 0 amide bonds. The molecule has 0 aliphatic heterocycles. The smallest absolute Gasteiger partial charge is 0.261 e. The first kappa shape index (κ1) is 13.2. The first-order valence-electron chi connectivity index (χ1n) is 6.46. The van der Waals surface area contributed by atoms with Crippen LogP contribution in [0.3, 0.4) is 0 Å². The number of rotatable bonds is 3. The number of aryl methyl sites for hydroxylation is 2. The van der Waals surface area contributed by atoms with E-state index < -0.39 is 0 Å². The number of ether oxygens (including phenoxy) is 1. The van der Waals surface area contributed by atoms with Crippen molar-refractivity contribution in [1.29, 1.82) is 0 Å². The van der Waals surface area contributed by atoms with Gasteiger partial charge in [-0.1, -0.05) is 17.3 Å². The van der Waals surface area contributed by atoms with E-state index in [4.69, 9.17) is 9.26 Å². The zero-order valence-electron chi connectivity index (χ0n) is 12.0. The molecule has 0 aliphatic rings. The SMILES string of the molecule is COc1cccc(-c2noc(-c3cnc(C)nc3C)n2)c1. The summed E-state index contributed by atoms with van der Waals surface area (Å²) in [7, 11) is 1.62. The van der Waals surface area contributed by atoms with Gasteiger partial charge in [-0.15, -0.1) is 0 Å². The van der Waals surface area contributed by atoms with Gasteiger partial charge in [-0.2, -0.15) is 4.98 Å². The van der Waals surface area contributed by atoms with E-state index in [1.807, 2.05) is 38.1 Å². The number of methoxy groups -OCH3 is 1. The van der Waals surface area contributed by atoms with E-state index in [2.05, 4.69) is 20.1 Å². The van der Waals surface area contributed by atoms with Crippen molar-refractivity contribution < 1.29 is 9.26 Å². The Morgan fingerprint density at radius 2 is 2.00 bits per heavy atom. The van der Waals surface area contributed by atoms with Crippen molar-refractivity contribution in [3.8, 4) is 28.6 Å². The zero-order chi connectivity index (χ0) is 14.8. The predicted molar refractivity (Wildman–Crippen MR) is 76.8 cm³/mol. The second kappa shape index (κ2) is 5.32. The fourth-order valence-electron chi connectivity index (χ4n) is 2.01. The average Bonchev–Trinajstić information content (AvgIpc) is 2.97. The largest absolute Gasteiger partial charge is 0.497 e. The molecule has 0 radical (unpaired) electrons. The Balaban J connectivity index is 1.99. The maximum Gasteiger partial charge on any atom is 0.261 e. The molecule has 3 rings (SSSR count). The highest BCUT2D eigenvalue weighted by Gasteiger charge is 2.14. The van der Waals surface area contributed by atoms with E-state index in [9.17, 15) is 0 Å². The van der Waals surface area contributed by atoms with Crippen LogP contribution in [0.4, 0.5) is 0 Å². The van der Waals surface area contributed by atoms with Crippen LogP contribution in [0.1, 0.15) is 11.5 Å². The summed E-state index contributed by atoms with van der Waals surface area (Å²) in [5.74, 6) is 2.37. The van der Waals surface area contributed by atoms with Crippen LogP contribution in [-0.4, -0.2) is 27.2 Å². The quantitative estimate of drug-likeness (QED) is 0.735. The van der Waals surface area contributed by atoms with Gasteiger partial charge in [-0.25, -0.2) is 9.97 Å². The summed E-state index contributed by atoms with van der Waals surface area (Å²) in [5.41, 5.74) is 2.38. The molecule has 6 nitrogen and oxygen atoms in total. The molecule has 2 heterocycles. The lowest BCUT2D eigenvalue weighted by molar-refractivity contribution is 0.414. The molecule has 3 aromatic rings. The van der Waals surface area contributed by atoms with Gasteiger partial charge in [0.05, 0.1) is 18.4 Å². The summed E-state index contributed by atoms with van der Waals surface area (Å²) < 4.78 is 10.5. The second-order valence-corrected chi connectivity index (χ2v) is 4.57. The normalized spacial score (nSPS) is 10.6. The van der Waals surface area contributed by atoms with Crippen LogP contribution in [0, 0.1) is 13.8 Å². The summed E-state index contributed by atoms with van der Waals surface area (Å²) in [5, 5.41) is 4.00. The third kappa shape index (κ3) is 2.60. The van der Waals surface area contributed by atoms with E-state index >= 15 is 0 Å². The van der Waals surface area contributed by atoms with E-state index in [0.29, 0.717) is 17.5 Å². The monoisotopic (exact) mass is 282 g/mol. The van der Waals surface area contributed by atoms with Gasteiger partial charge in [-0.3, -0.25) is 0 Å². The lowest BCUT2D eigenvalue weighted by atomic mass is 10.2. The number of aromatic nitrogens is 4. The van der Waals surface area contributed by atoms with Gasteiger partial charge in [0.2, 0.25) is 5.82 Å². The Morgan fingerprint density at radius 3 is 2.76 bits per heavy atom. The molecule has 0 saturated carbocycles. The molecule has 0 N–H and O–H groups in total. The highest BCUT2D eigenvalue weighted by Crippen LogP contribution is 2.25. The summed E-state index contributed by atoms with van der Waals surface area (Å²) in [6.45, 7) is 3.73. The maximum atomic E-state index is 5.32. The van der Waals surface area contributed by atoms with Crippen molar-refractivity contribution in [1.82, 2.24) is 20.1 Å². The van der Waals surface area contributed by atoms with Crippen molar-refractivity contribution in [3.05, 3.63) is 42.0 Å². The summed E-state index contributed by atoms with van der Waals surface area (Å²) in [4.78, 5) is 12.9. The van der Waals surface area contributed by atoms with Crippen LogP contribution in [-0.2, 0) is 0 Å². The first-order chi connectivity index (χ1) is 10.2.